The van der Waals surface area contributed by atoms with Crippen LogP contribution in [0.5, 0.6) is 5.75 Å². The maximum atomic E-state index is 10.4. The van der Waals surface area contributed by atoms with Crippen LogP contribution in [0.15, 0.2) is 48.5 Å². The molecule has 2 rings (SSSR count). The minimum absolute atomic E-state index is 0.338. The predicted octanol–water partition coefficient (Wildman–Crippen LogP) is 3.39. The van der Waals surface area contributed by atoms with Crippen LogP contribution in [0.1, 0.15) is 21.5 Å². The number of benzene rings is 2. The number of hydrogen-bond donors (Lipinski definition) is 2. The fourth-order valence-electron chi connectivity index (χ4n) is 1.44. The number of aryl methyl sites for hydroxylation is 2. The van der Waals surface area contributed by atoms with Gasteiger partial charge in [0.05, 0.1) is 5.56 Å². The van der Waals surface area contributed by atoms with E-state index in [1.165, 1.54) is 0 Å². The van der Waals surface area contributed by atoms with Crippen molar-refractivity contribution in [1.82, 2.24) is 0 Å². The van der Waals surface area contributed by atoms with Crippen molar-refractivity contribution in [2.45, 2.75) is 13.8 Å². The van der Waals surface area contributed by atoms with E-state index in [1.807, 2.05) is 25.1 Å². The molecule has 0 aliphatic rings. The number of hydrogen-bond acceptors (Lipinski definition) is 2. The lowest BCUT2D eigenvalue weighted by Crippen LogP contribution is -1.97. The largest absolute Gasteiger partial charge is 0.508 e. The summed E-state index contributed by atoms with van der Waals surface area (Å²) in [6.45, 7) is 3.73. The van der Waals surface area contributed by atoms with Crippen molar-refractivity contribution in [3.05, 3.63) is 65.2 Å². The van der Waals surface area contributed by atoms with Gasteiger partial charge < -0.3 is 10.2 Å². The van der Waals surface area contributed by atoms with Gasteiger partial charge in [0.25, 0.3) is 0 Å². The van der Waals surface area contributed by atoms with Crippen LogP contribution in [0.3, 0.4) is 0 Å². The average molecular weight is 244 g/mol. The summed E-state index contributed by atoms with van der Waals surface area (Å²) in [5.41, 5.74) is 2.27. The van der Waals surface area contributed by atoms with Crippen LogP contribution in [0, 0.1) is 13.8 Å². The van der Waals surface area contributed by atoms with Crippen molar-refractivity contribution < 1.29 is 15.0 Å². The number of aromatic hydroxyl groups is 1. The van der Waals surface area contributed by atoms with E-state index in [0.29, 0.717) is 11.3 Å². The fraction of sp³-hybridized carbons (Fsp3) is 0.133. The summed E-state index contributed by atoms with van der Waals surface area (Å²) in [6, 6.07) is 14.1. The van der Waals surface area contributed by atoms with Gasteiger partial charge in [0, 0.05) is 0 Å². The molecule has 18 heavy (non-hydrogen) atoms. The number of rotatable bonds is 1. The second-order valence-electron chi connectivity index (χ2n) is 3.96. The molecule has 0 radical (unpaired) electrons. The van der Waals surface area contributed by atoms with Gasteiger partial charge in [-0.2, -0.15) is 0 Å². The van der Waals surface area contributed by atoms with E-state index in [4.69, 9.17) is 10.2 Å². The van der Waals surface area contributed by atoms with Crippen LogP contribution >= 0.6 is 0 Å². The van der Waals surface area contributed by atoms with Crippen molar-refractivity contribution in [3.8, 4) is 5.75 Å². The molecule has 3 nitrogen and oxygen atoms in total. The maximum absolute atomic E-state index is 10.4. The molecule has 2 aromatic rings. The van der Waals surface area contributed by atoms with Gasteiger partial charge in [-0.15, -0.1) is 0 Å². The Kier molecular flexibility index (Phi) is 4.93. The summed E-state index contributed by atoms with van der Waals surface area (Å²) < 4.78 is 0. The highest BCUT2D eigenvalue weighted by atomic mass is 16.4. The number of phenolic OH excluding ortho intramolecular Hbond substituents is 1. The minimum atomic E-state index is -0.863. The predicted molar refractivity (Wildman–Crippen MR) is 71.0 cm³/mol. The third-order valence-electron chi connectivity index (χ3n) is 2.38. The molecule has 0 aliphatic heterocycles. The van der Waals surface area contributed by atoms with Gasteiger partial charge in [-0.1, -0.05) is 30.3 Å². The van der Waals surface area contributed by atoms with Crippen molar-refractivity contribution >= 4 is 5.97 Å². The van der Waals surface area contributed by atoms with Crippen molar-refractivity contribution in [2.24, 2.45) is 0 Å². The van der Waals surface area contributed by atoms with Gasteiger partial charge >= 0.3 is 5.97 Å². The summed E-state index contributed by atoms with van der Waals surface area (Å²) >= 11 is 0. The van der Waals surface area contributed by atoms with Crippen LogP contribution in [0.2, 0.25) is 0 Å². The Balaban J connectivity index is 0.000000184. The third-order valence-corrected chi connectivity index (χ3v) is 2.38. The second-order valence-corrected chi connectivity index (χ2v) is 3.96. The van der Waals surface area contributed by atoms with Crippen molar-refractivity contribution in [3.63, 3.8) is 0 Å². The maximum Gasteiger partial charge on any atom is 0.335 e. The molecule has 94 valence electrons. The Morgan fingerprint density at radius 1 is 1.00 bits per heavy atom. The van der Waals surface area contributed by atoms with Crippen molar-refractivity contribution in [1.29, 1.82) is 0 Å². The molecule has 0 bridgehead atoms. The highest BCUT2D eigenvalue weighted by Gasteiger charge is 2.02. The molecular formula is C15H16O3. The molecular weight excluding hydrogens is 228 g/mol. The molecule has 0 amide bonds. The zero-order valence-corrected chi connectivity index (χ0v) is 10.4. The van der Waals surface area contributed by atoms with Gasteiger partial charge in [-0.3, -0.25) is 0 Å². The Bertz CT molecular complexity index is 516. The Morgan fingerprint density at radius 3 is 2.06 bits per heavy atom. The Morgan fingerprint density at radius 2 is 1.67 bits per heavy atom. The standard InChI is InChI=1S/C8H8O2.C7H8O/c1-6-4-2-3-5-7(6)8(9)10;1-6-3-2-4-7(8)5-6/h2-5H,1H3,(H,9,10);2-5,8H,1H3. The molecule has 0 saturated carbocycles. The molecule has 3 heteroatoms. The van der Waals surface area contributed by atoms with E-state index >= 15 is 0 Å². The first-order valence-corrected chi connectivity index (χ1v) is 5.55. The summed E-state index contributed by atoms with van der Waals surface area (Å²) in [7, 11) is 0. The number of phenols is 1. The van der Waals surface area contributed by atoms with Crippen LogP contribution in [0.25, 0.3) is 0 Å². The molecule has 2 N–H and O–H groups in total. The highest BCUT2D eigenvalue weighted by Crippen LogP contribution is 2.08. The van der Waals surface area contributed by atoms with Gasteiger partial charge in [0.1, 0.15) is 5.75 Å². The molecule has 0 atom stereocenters. The molecule has 0 aliphatic carbocycles. The van der Waals surface area contributed by atoms with E-state index in [1.54, 1.807) is 37.3 Å². The molecule has 0 saturated heterocycles. The third kappa shape index (κ3) is 4.29. The van der Waals surface area contributed by atoms with E-state index in [-0.39, 0.29) is 0 Å². The zero-order chi connectivity index (χ0) is 13.5. The van der Waals surface area contributed by atoms with Crippen LogP contribution in [0.4, 0.5) is 0 Å². The highest BCUT2D eigenvalue weighted by molar-refractivity contribution is 5.89. The first-order chi connectivity index (χ1) is 8.50. The van der Waals surface area contributed by atoms with E-state index in [2.05, 4.69) is 0 Å². The van der Waals surface area contributed by atoms with Gasteiger partial charge in [-0.05, 0) is 43.2 Å². The van der Waals surface area contributed by atoms with E-state index in [9.17, 15) is 4.79 Å². The molecule has 0 unspecified atom stereocenters. The monoisotopic (exact) mass is 244 g/mol. The number of carboxylic acid groups (broad SMARTS) is 1. The van der Waals surface area contributed by atoms with Crippen LogP contribution in [-0.2, 0) is 0 Å². The smallest absolute Gasteiger partial charge is 0.335 e. The summed E-state index contributed by atoms with van der Waals surface area (Å²) in [6.07, 6.45) is 0. The first-order valence-electron chi connectivity index (χ1n) is 5.55. The second kappa shape index (κ2) is 6.45. The zero-order valence-electron chi connectivity index (χ0n) is 10.4. The summed E-state index contributed by atoms with van der Waals surface area (Å²) in [4.78, 5) is 10.4. The minimum Gasteiger partial charge on any atom is -0.508 e. The van der Waals surface area contributed by atoms with Crippen LogP contribution in [-0.4, -0.2) is 16.2 Å². The SMILES string of the molecule is Cc1cccc(O)c1.Cc1ccccc1C(=O)O. The van der Waals surface area contributed by atoms with Gasteiger partial charge in [0.2, 0.25) is 0 Å². The Labute approximate surface area is 106 Å². The van der Waals surface area contributed by atoms with Gasteiger partial charge in [-0.25, -0.2) is 4.79 Å². The normalized spacial score (nSPS) is 9.22. The molecule has 2 aromatic carbocycles. The Hall–Kier alpha value is -2.29. The molecule has 0 spiro atoms. The van der Waals surface area contributed by atoms with E-state index in [0.717, 1.165) is 11.1 Å². The lowest BCUT2D eigenvalue weighted by Gasteiger charge is -1.96. The number of carbonyl (C=O) groups is 1. The van der Waals surface area contributed by atoms with Crippen molar-refractivity contribution in [2.75, 3.05) is 0 Å². The first kappa shape index (κ1) is 13.8. The lowest BCUT2D eigenvalue weighted by atomic mass is 10.1. The lowest BCUT2D eigenvalue weighted by molar-refractivity contribution is 0.0696. The summed E-state index contributed by atoms with van der Waals surface area (Å²) in [5, 5.41) is 17.4. The molecule has 0 aromatic heterocycles. The quantitative estimate of drug-likeness (QED) is 0.808. The van der Waals surface area contributed by atoms with E-state index < -0.39 is 5.97 Å². The topological polar surface area (TPSA) is 57.5 Å². The van der Waals surface area contributed by atoms with Crippen LogP contribution < -0.4 is 0 Å². The fourth-order valence-corrected chi connectivity index (χ4v) is 1.44. The van der Waals surface area contributed by atoms with Gasteiger partial charge in [0.15, 0.2) is 0 Å². The molecule has 0 fully saturated rings. The average Bonchev–Trinajstić information content (AvgIpc) is 2.29. The summed E-state index contributed by atoms with van der Waals surface area (Å²) in [5.74, 6) is -0.525. The number of carboxylic acids is 1. The number of aromatic carboxylic acids is 1. The molecule has 0 heterocycles.